The Bertz CT molecular complexity index is 579. The van der Waals surface area contributed by atoms with Crippen molar-refractivity contribution in [2.24, 2.45) is 0 Å². The van der Waals surface area contributed by atoms with Crippen LogP contribution in [0.5, 0.6) is 11.5 Å². The number of nitrogens with zero attached hydrogens (tertiary/aromatic N) is 1. The summed E-state index contributed by atoms with van der Waals surface area (Å²) in [5.41, 5.74) is 1.09. The van der Waals surface area contributed by atoms with Gasteiger partial charge in [0.25, 0.3) is 5.22 Å². The van der Waals surface area contributed by atoms with Gasteiger partial charge in [0, 0.05) is 5.56 Å². The molecule has 0 spiro atoms. The normalized spacial score (nSPS) is 10.5. The molecule has 0 bridgehead atoms. The van der Waals surface area contributed by atoms with Crippen molar-refractivity contribution < 1.29 is 19.4 Å². The third-order valence-corrected chi connectivity index (χ3v) is 3.06. The lowest BCUT2D eigenvalue weighted by Crippen LogP contribution is -2.01. The number of oxazole rings is 1. The van der Waals surface area contributed by atoms with E-state index in [1.54, 1.807) is 6.92 Å². The second-order valence-corrected chi connectivity index (χ2v) is 4.60. The lowest BCUT2D eigenvalue weighted by atomic mass is 10.1. The smallest absolute Gasteiger partial charge is 0.256 e. The minimum absolute atomic E-state index is 0.157. The Kier molecular flexibility index (Phi) is 3.57. The summed E-state index contributed by atoms with van der Waals surface area (Å²) in [5, 5.41) is 18.9. The number of aromatic nitrogens is 1. The number of ketones is 1. The fourth-order valence-corrected chi connectivity index (χ4v) is 2.05. The van der Waals surface area contributed by atoms with Gasteiger partial charge in [0.05, 0.1) is 11.4 Å². The molecule has 0 aliphatic rings. The van der Waals surface area contributed by atoms with Crippen LogP contribution < -0.4 is 0 Å². The number of aryl methyl sites for hydroxylation is 1. The highest BCUT2D eigenvalue weighted by molar-refractivity contribution is 7.99. The van der Waals surface area contributed by atoms with Crippen molar-refractivity contribution in [3.05, 3.63) is 35.7 Å². The van der Waals surface area contributed by atoms with Crippen LogP contribution in [0.1, 0.15) is 16.1 Å². The van der Waals surface area contributed by atoms with Crippen LogP contribution in [-0.2, 0) is 0 Å². The molecule has 0 atom stereocenters. The molecule has 0 saturated carbocycles. The van der Waals surface area contributed by atoms with E-state index in [9.17, 15) is 9.90 Å². The molecule has 0 fully saturated rings. The van der Waals surface area contributed by atoms with Crippen LogP contribution in [0.2, 0.25) is 0 Å². The summed E-state index contributed by atoms with van der Waals surface area (Å²) in [6, 6.07) is 3.97. The van der Waals surface area contributed by atoms with Crippen molar-refractivity contribution in [1.82, 2.24) is 4.98 Å². The monoisotopic (exact) mass is 265 g/mol. The molecule has 2 rings (SSSR count). The quantitative estimate of drug-likeness (QED) is 0.501. The molecule has 0 saturated heterocycles. The fourth-order valence-electron chi connectivity index (χ4n) is 1.31. The maximum absolute atomic E-state index is 11.8. The summed E-state index contributed by atoms with van der Waals surface area (Å²) in [6.07, 6.45) is 1.51. The zero-order valence-electron chi connectivity index (χ0n) is 9.58. The summed E-state index contributed by atoms with van der Waals surface area (Å²) in [4.78, 5) is 15.9. The number of thioether (sulfide) groups is 1. The molecule has 0 unspecified atom stereocenters. The first-order chi connectivity index (χ1) is 8.56. The first-order valence-electron chi connectivity index (χ1n) is 5.16. The highest BCUT2D eigenvalue weighted by Gasteiger charge is 2.11. The average molecular weight is 265 g/mol. The van der Waals surface area contributed by atoms with Crippen LogP contribution in [0, 0.1) is 6.92 Å². The molecular formula is C12H11NO4S. The number of Topliss-reactive ketones (excluding diaryl/α,β-unsaturated/α-hetero) is 1. The van der Waals surface area contributed by atoms with E-state index in [-0.39, 0.29) is 23.0 Å². The number of hydrogen-bond donors (Lipinski definition) is 2. The first kappa shape index (κ1) is 12.5. The summed E-state index contributed by atoms with van der Waals surface area (Å²) >= 11 is 1.18. The third-order valence-electron chi connectivity index (χ3n) is 2.22. The van der Waals surface area contributed by atoms with E-state index < -0.39 is 0 Å². The molecule has 0 aliphatic heterocycles. The zero-order valence-corrected chi connectivity index (χ0v) is 10.4. The second-order valence-electron chi connectivity index (χ2n) is 3.67. The summed E-state index contributed by atoms with van der Waals surface area (Å²) < 4.78 is 5.10. The summed E-state index contributed by atoms with van der Waals surface area (Å²) in [6.45, 7) is 1.80. The summed E-state index contributed by atoms with van der Waals surface area (Å²) in [7, 11) is 0. The first-order valence-corrected chi connectivity index (χ1v) is 6.15. The van der Waals surface area contributed by atoms with Crippen LogP contribution >= 0.6 is 11.8 Å². The van der Waals surface area contributed by atoms with Crippen LogP contribution in [0.4, 0.5) is 0 Å². The Morgan fingerprint density at radius 3 is 2.78 bits per heavy atom. The molecule has 1 heterocycles. The molecule has 1 aromatic carbocycles. The highest BCUT2D eigenvalue weighted by Crippen LogP contribution is 2.26. The van der Waals surface area contributed by atoms with E-state index in [1.807, 2.05) is 0 Å². The Morgan fingerprint density at radius 1 is 1.39 bits per heavy atom. The van der Waals surface area contributed by atoms with Crippen molar-refractivity contribution in [2.45, 2.75) is 12.1 Å². The number of phenols is 2. The van der Waals surface area contributed by atoms with Crippen LogP contribution in [0.3, 0.4) is 0 Å². The number of hydrogen-bond acceptors (Lipinski definition) is 6. The molecule has 94 valence electrons. The number of carbonyl (C=O) groups excluding carboxylic acids is 1. The molecule has 6 heteroatoms. The van der Waals surface area contributed by atoms with E-state index in [1.165, 1.54) is 36.2 Å². The molecular weight excluding hydrogens is 254 g/mol. The van der Waals surface area contributed by atoms with Gasteiger partial charge in [-0.05, 0) is 25.1 Å². The van der Waals surface area contributed by atoms with Crippen molar-refractivity contribution in [2.75, 3.05) is 5.75 Å². The third kappa shape index (κ3) is 2.84. The van der Waals surface area contributed by atoms with E-state index >= 15 is 0 Å². The van der Waals surface area contributed by atoms with Gasteiger partial charge in [-0.3, -0.25) is 4.79 Å². The number of carbonyl (C=O) groups is 1. The number of benzene rings is 1. The van der Waals surface area contributed by atoms with Gasteiger partial charge in [0.1, 0.15) is 6.26 Å². The van der Waals surface area contributed by atoms with E-state index in [0.29, 0.717) is 10.8 Å². The van der Waals surface area contributed by atoms with Crippen LogP contribution in [0.25, 0.3) is 0 Å². The van der Waals surface area contributed by atoms with Gasteiger partial charge in [0.2, 0.25) is 0 Å². The number of phenolic OH excluding ortho intramolecular Hbond substituents is 2. The Labute approximate surface area is 107 Å². The van der Waals surface area contributed by atoms with Crippen molar-refractivity contribution in [1.29, 1.82) is 0 Å². The van der Waals surface area contributed by atoms with Crippen LogP contribution in [-0.4, -0.2) is 26.7 Å². The minimum atomic E-state index is -0.308. The molecule has 1 aromatic heterocycles. The predicted octanol–water partition coefficient (Wildman–Crippen LogP) is 2.37. The van der Waals surface area contributed by atoms with Gasteiger partial charge in [-0.2, -0.15) is 0 Å². The Hall–Kier alpha value is -1.95. The van der Waals surface area contributed by atoms with Gasteiger partial charge in [-0.1, -0.05) is 11.8 Å². The fraction of sp³-hybridized carbons (Fsp3) is 0.167. The summed E-state index contributed by atoms with van der Waals surface area (Å²) in [5.74, 6) is -0.573. The zero-order chi connectivity index (χ0) is 13.1. The van der Waals surface area contributed by atoms with Crippen molar-refractivity contribution in [3.8, 4) is 11.5 Å². The largest absolute Gasteiger partial charge is 0.504 e. The molecule has 0 amide bonds. The maximum Gasteiger partial charge on any atom is 0.256 e. The highest BCUT2D eigenvalue weighted by atomic mass is 32.2. The lowest BCUT2D eigenvalue weighted by molar-refractivity contribution is 0.102. The number of aromatic hydroxyl groups is 2. The topological polar surface area (TPSA) is 83.6 Å². The van der Waals surface area contributed by atoms with E-state index in [0.717, 1.165) is 5.69 Å². The molecule has 2 N–H and O–H groups in total. The second kappa shape index (κ2) is 5.14. The standard InChI is InChI=1S/C12H11NO4S/c1-7-5-17-12(13-7)18-6-11(16)8-2-3-9(14)10(15)4-8/h2-5,14-15H,6H2,1H3. The van der Waals surface area contributed by atoms with E-state index in [4.69, 9.17) is 9.52 Å². The number of rotatable bonds is 4. The minimum Gasteiger partial charge on any atom is -0.504 e. The van der Waals surface area contributed by atoms with Gasteiger partial charge in [-0.15, -0.1) is 0 Å². The Morgan fingerprint density at radius 2 is 2.17 bits per heavy atom. The van der Waals surface area contributed by atoms with Crippen molar-refractivity contribution >= 4 is 17.5 Å². The SMILES string of the molecule is Cc1coc(SCC(=O)c2ccc(O)c(O)c2)n1. The molecule has 2 aromatic rings. The van der Waals surface area contributed by atoms with Gasteiger partial charge < -0.3 is 14.6 Å². The lowest BCUT2D eigenvalue weighted by Gasteiger charge is -2.01. The van der Waals surface area contributed by atoms with Crippen molar-refractivity contribution in [3.63, 3.8) is 0 Å². The Balaban J connectivity index is 2.01. The average Bonchev–Trinajstić information content (AvgIpc) is 2.75. The van der Waals surface area contributed by atoms with Gasteiger partial charge in [-0.25, -0.2) is 4.98 Å². The maximum atomic E-state index is 11.8. The van der Waals surface area contributed by atoms with Crippen LogP contribution in [0.15, 0.2) is 34.1 Å². The molecule has 0 aliphatic carbocycles. The predicted molar refractivity (Wildman–Crippen MR) is 66.1 cm³/mol. The molecule has 5 nitrogen and oxygen atoms in total. The molecule has 0 radical (unpaired) electrons. The van der Waals surface area contributed by atoms with E-state index in [2.05, 4.69) is 4.98 Å². The van der Waals surface area contributed by atoms with Gasteiger partial charge >= 0.3 is 0 Å². The van der Waals surface area contributed by atoms with Gasteiger partial charge in [0.15, 0.2) is 17.3 Å². The molecule has 18 heavy (non-hydrogen) atoms.